The SMILES string of the molecule is CC(CCCO)NC(CN)c1ccc(Cl)c(Cl)c1. The standard InChI is InChI=1S/C13H20Cl2N2O/c1-9(3-2-6-18)17-13(8-16)10-4-5-11(14)12(15)7-10/h4-5,7,9,13,17-18H,2-3,6,8,16H2,1H3. The van der Waals surface area contributed by atoms with Crippen LogP contribution in [0, 0.1) is 0 Å². The molecule has 2 atom stereocenters. The molecule has 3 nitrogen and oxygen atoms in total. The molecule has 1 aromatic rings. The summed E-state index contributed by atoms with van der Waals surface area (Å²) in [5.41, 5.74) is 6.81. The predicted molar refractivity (Wildman–Crippen MR) is 77.2 cm³/mol. The normalized spacial score (nSPS) is 14.5. The van der Waals surface area contributed by atoms with Crippen molar-refractivity contribution in [3.8, 4) is 0 Å². The summed E-state index contributed by atoms with van der Waals surface area (Å²) in [5, 5.41) is 13.3. The highest BCUT2D eigenvalue weighted by Gasteiger charge is 2.13. The van der Waals surface area contributed by atoms with Gasteiger partial charge in [-0.2, -0.15) is 0 Å². The lowest BCUT2D eigenvalue weighted by molar-refractivity contribution is 0.274. The fraction of sp³-hybridized carbons (Fsp3) is 0.538. The highest BCUT2D eigenvalue weighted by atomic mass is 35.5. The zero-order valence-electron chi connectivity index (χ0n) is 10.5. The number of benzene rings is 1. The van der Waals surface area contributed by atoms with Gasteiger partial charge in [0.15, 0.2) is 0 Å². The molecule has 0 aliphatic rings. The second-order valence-corrected chi connectivity index (χ2v) is 5.21. The predicted octanol–water partition coefficient (Wildman–Crippen LogP) is 2.74. The Morgan fingerprint density at radius 2 is 2.06 bits per heavy atom. The molecule has 0 spiro atoms. The highest BCUT2D eigenvalue weighted by molar-refractivity contribution is 6.42. The van der Waals surface area contributed by atoms with Gasteiger partial charge >= 0.3 is 0 Å². The van der Waals surface area contributed by atoms with Gasteiger partial charge in [-0.3, -0.25) is 0 Å². The first-order chi connectivity index (χ1) is 8.58. The second-order valence-electron chi connectivity index (χ2n) is 4.40. The summed E-state index contributed by atoms with van der Waals surface area (Å²) in [6, 6.07) is 5.89. The van der Waals surface area contributed by atoms with Crippen LogP contribution >= 0.6 is 23.2 Å². The Labute approximate surface area is 118 Å². The largest absolute Gasteiger partial charge is 0.396 e. The van der Waals surface area contributed by atoms with Crippen molar-refractivity contribution >= 4 is 23.2 Å². The topological polar surface area (TPSA) is 58.3 Å². The quantitative estimate of drug-likeness (QED) is 0.724. The van der Waals surface area contributed by atoms with E-state index in [2.05, 4.69) is 12.2 Å². The number of aliphatic hydroxyl groups is 1. The summed E-state index contributed by atoms with van der Waals surface area (Å²) in [6.07, 6.45) is 1.70. The van der Waals surface area contributed by atoms with Crippen LogP contribution in [0.15, 0.2) is 18.2 Å². The Hall–Kier alpha value is -0.320. The van der Waals surface area contributed by atoms with Crippen molar-refractivity contribution in [1.29, 1.82) is 0 Å². The highest BCUT2D eigenvalue weighted by Crippen LogP contribution is 2.25. The van der Waals surface area contributed by atoms with Gasteiger partial charge in [-0.25, -0.2) is 0 Å². The summed E-state index contributed by atoms with van der Waals surface area (Å²) >= 11 is 11.9. The first kappa shape index (κ1) is 15.7. The van der Waals surface area contributed by atoms with Crippen molar-refractivity contribution in [1.82, 2.24) is 5.32 Å². The molecule has 0 fully saturated rings. The van der Waals surface area contributed by atoms with Crippen molar-refractivity contribution in [2.45, 2.75) is 31.8 Å². The zero-order valence-corrected chi connectivity index (χ0v) is 12.0. The maximum Gasteiger partial charge on any atom is 0.0595 e. The van der Waals surface area contributed by atoms with Crippen molar-refractivity contribution < 1.29 is 5.11 Å². The Morgan fingerprint density at radius 1 is 1.33 bits per heavy atom. The van der Waals surface area contributed by atoms with Gasteiger partial charge in [0.05, 0.1) is 10.0 Å². The molecule has 5 heteroatoms. The van der Waals surface area contributed by atoms with E-state index in [0.29, 0.717) is 22.6 Å². The lowest BCUT2D eigenvalue weighted by atomic mass is 10.0. The molecule has 0 heterocycles. The molecule has 1 rings (SSSR count). The van der Waals surface area contributed by atoms with Crippen LogP contribution in [0.5, 0.6) is 0 Å². The number of aliphatic hydroxyl groups excluding tert-OH is 1. The molecule has 0 aliphatic carbocycles. The number of halogens is 2. The third-order valence-corrected chi connectivity index (χ3v) is 3.60. The van der Waals surface area contributed by atoms with Crippen molar-refractivity contribution in [2.75, 3.05) is 13.2 Å². The summed E-state index contributed by atoms with van der Waals surface area (Å²) in [6.45, 7) is 2.78. The minimum atomic E-state index is 0.0495. The molecule has 0 saturated carbocycles. The third kappa shape index (κ3) is 4.75. The molecule has 18 heavy (non-hydrogen) atoms. The monoisotopic (exact) mass is 290 g/mol. The van der Waals surface area contributed by atoms with Gasteiger partial charge in [-0.15, -0.1) is 0 Å². The van der Waals surface area contributed by atoms with Crippen molar-refractivity contribution in [3.05, 3.63) is 33.8 Å². The molecule has 2 unspecified atom stereocenters. The third-order valence-electron chi connectivity index (χ3n) is 2.86. The van der Waals surface area contributed by atoms with E-state index in [4.69, 9.17) is 34.0 Å². The van der Waals surface area contributed by atoms with Crippen LogP contribution in [0.2, 0.25) is 10.0 Å². The maximum atomic E-state index is 8.81. The number of nitrogens with two attached hydrogens (primary N) is 1. The summed E-state index contributed by atoms with van der Waals surface area (Å²) in [7, 11) is 0. The van der Waals surface area contributed by atoms with Crippen LogP contribution in [-0.4, -0.2) is 24.3 Å². The van der Waals surface area contributed by atoms with E-state index in [9.17, 15) is 0 Å². The van der Waals surface area contributed by atoms with E-state index >= 15 is 0 Å². The summed E-state index contributed by atoms with van der Waals surface area (Å²) < 4.78 is 0. The van der Waals surface area contributed by atoms with E-state index < -0.39 is 0 Å². The van der Waals surface area contributed by atoms with Gasteiger partial charge < -0.3 is 16.2 Å². The van der Waals surface area contributed by atoms with Crippen LogP contribution < -0.4 is 11.1 Å². The van der Waals surface area contributed by atoms with Crippen LogP contribution in [-0.2, 0) is 0 Å². The van der Waals surface area contributed by atoms with Crippen LogP contribution in [0.1, 0.15) is 31.4 Å². The van der Waals surface area contributed by atoms with Crippen LogP contribution in [0.3, 0.4) is 0 Å². The molecule has 0 saturated heterocycles. The lowest BCUT2D eigenvalue weighted by Crippen LogP contribution is -2.35. The van der Waals surface area contributed by atoms with Crippen LogP contribution in [0.25, 0.3) is 0 Å². The zero-order chi connectivity index (χ0) is 13.5. The molecule has 4 N–H and O–H groups in total. The maximum absolute atomic E-state index is 8.81. The number of nitrogens with one attached hydrogen (secondary N) is 1. The molecule has 102 valence electrons. The Bertz CT molecular complexity index is 374. The van der Waals surface area contributed by atoms with E-state index in [1.54, 1.807) is 6.07 Å². The van der Waals surface area contributed by atoms with Gasteiger partial charge in [-0.05, 0) is 37.5 Å². The average Bonchev–Trinajstić information content (AvgIpc) is 2.37. The van der Waals surface area contributed by atoms with E-state index in [-0.39, 0.29) is 12.6 Å². The van der Waals surface area contributed by atoms with E-state index in [1.807, 2.05) is 12.1 Å². The van der Waals surface area contributed by atoms with Crippen molar-refractivity contribution in [3.63, 3.8) is 0 Å². The van der Waals surface area contributed by atoms with Gasteiger partial charge in [-0.1, -0.05) is 29.3 Å². The van der Waals surface area contributed by atoms with Gasteiger partial charge in [0, 0.05) is 25.2 Å². The second kappa shape index (κ2) is 7.97. The Morgan fingerprint density at radius 3 is 2.61 bits per heavy atom. The van der Waals surface area contributed by atoms with Gasteiger partial charge in [0.1, 0.15) is 0 Å². The van der Waals surface area contributed by atoms with E-state index in [1.165, 1.54) is 0 Å². The molecule has 0 aromatic heterocycles. The summed E-state index contributed by atoms with van der Waals surface area (Å²) in [4.78, 5) is 0. The Kier molecular flexibility index (Phi) is 6.97. The molecule has 0 aliphatic heterocycles. The minimum absolute atomic E-state index is 0.0495. The molecule has 1 aromatic carbocycles. The fourth-order valence-electron chi connectivity index (χ4n) is 1.85. The number of rotatable bonds is 7. The molecule has 0 bridgehead atoms. The Balaban J connectivity index is 2.67. The smallest absolute Gasteiger partial charge is 0.0595 e. The average molecular weight is 291 g/mol. The first-order valence-electron chi connectivity index (χ1n) is 6.10. The molecule has 0 radical (unpaired) electrons. The summed E-state index contributed by atoms with van der Waals surface area (Å²) in [5.74, 6) is 0. The van der Waals surface area contributed by atoms with Gasteiger partial charge in [0.25, 0.3) is 0 Å². The fourth-order valence-corrected chi connectivity index (χ4v) is 2.16. The molecular weight excluding hydrogens is 271 g/mol. The van der Waals surface area contributed by atoms with Crippen LogP contribution in [0.4, 0.5) is 0 Å². The number of hydrogen-bond acceptors (Lipinski definition) is 3. The first-order valence-corrected chi connectivity index (χ1v) is 6.86. The molecular formula is C13H20Cl2N2O. The van der Waals surface area contributed by atoms with Gasteiger partial charge in [0.2, 0.25) is 0 Å². The number of hydrogen-bond donors (Lipinski definition) is 3. The van der Waals surface area contributed by atoms with Crippen molar-refractivity contribution in [2.24, 2.45) is 5.73 Å². The molecule has 0 amide bonds. The lowest BCUT2D eigenvalue weighted by Gasteiger charge is -2.22. The minimum Gasteiger partial charge on any atom is -0.396 e. The van der Waals surface area contributed by atoms with E-state index in [0.717, 1.165) is 18.4 Å².